The molecule has 75 heavy (non-hydrogen) atoms. The largest absolute Gasteiger partial charge is 0.462 e. The van der Waals surface area contributed by atoms with Crippen LogP contribution >= 0.6 is 0 Å². The summed E-state index contributed by atoms with van der Waals surface area (Å²) in [5, 5.41) is 0.0689. The number of hydrogen-bond acceptors (Lipinski definition) is 13. The van der Waals surface area contributed by atoms with Crippen LogP contribution in [-0.2, 0) is 61.4 Å². The first-order chi connectivity index (χ1) is 35.0. The maximum atomic E-state index is 12.5. The highest BCUT2D eigenvalue weighted by atomic mass is 28.4. The molecule has 0 radical (unpaired) electrons. The minimum absolute atomic E-state index is 0.0416. The Bertz CT molecular complexity index is 1950. The number of carbonyl (C=O) groups is 2. The molecule has 0 aromatic heterocycles. The summed E-state index contributed by atoms with van der Waals surface area (Å²) < 4.78 is 69.7. The monoisotopic (exact) mass is 1070 g/mol. The Morgan fingerprint density at radius 2 is 1.48 bits per heavy atom. The van der Waals surface area contributed by atoms with Crippen LogP contribution < -0.4 is 0 Å². The van der Waals surface area contributed by atoms with E-state index in [1.165, 1.54) is 5.57 Å². The van der Waals surface area contributed by atoms with E-state index in [0.29, 0.717) is 25.2 Å². The van der Waals surface area contributed by atoms with Gasteiger partial charge in [-0.15, -0.1) is 0 Å². The summed E-state index contributed by atoms with van der Waals surface area (Å²) in [6, 6.07) is 0. The minimum atomic E-state index is -2.09. The van der Waals surface area contributed by atoms with E-state index in [4.69, 9.17) is 51.8 Å². The Morgan fingerprint density at radius 1 is 0.787 bits per heavy atom. The number of esters is 2. The van der Waals surface area contributed by atoms with Crippen LogP contribution in [0.2, 0.25) is 18.1 Å². The van der Waals surface area contributed by atoms with Gasteiger partial charge in [-0.3, -0.25) is 9.59 Å². The molecule has 15 atom stereocenters. The molecule has 14 heteroatoms. The molecule has 5 aliphatic rings. The first-order valence-corrected chi connectivity index (χ1v) is 31.4. The van der Waals surface area contributed by atoms with Crippen LogP contribution in [0.15, 0.2) is 60.3 Å². The third kappa shape index (κ3) is 19.4. The lowest BCUT2D eigenvalue weighted by atomic mass is 9.85. The van der Waals surface area contributed by atoms with Crippen LogP contribution in [0.5, 0.6) is 0 Å². The number of unbranched alkanes of at least 4 members (excludes halogenated alkanes) is 2. The fraction of sp³-hybridized carbons (Fsp3) is 0.803. The third-order valence-corrected chi connectivity index (χ3v) is 20.2. The normalized spacial score (nSPS) is 33.2. The van der Waals surface area contributed by atoms with Gasteiger partial charge in [0.1, 0.15) is 43.4 Å². The third-order valence-electron chi connectivity index (χ3n) is 15.7. The van der Waals surface area contributed by atoms with Crippen molar-refractivity contribution in [2.75, 3.05) is 20.5 Å². The van der Waals surface area contributed by atoms with Crippen molar-refractivity contribution < 1.29 is 61.4 Å². The van der Waals surface area contributed by atoms with Gasteiger partial charge in [0.2, 0.25) is 0 Å². The number of allylic oxidation sites excluding steroid dienone is 3. The molecule has 5 rings (SSSR count). The topological polar surface area (TPSA) is 136 Å². The molecule has 2 bridgehead atoms. The highest BCUT2D eigenvalue weighted by Gasteiger charge is 2.50. The summed E-state index contributed by atoms with van der Waals surface area (Å²) in [7, 11) is -0.437. The molecule has 4 saturated heterocycles. The molecule has 0 N–H and O–H groups in total. The van der Waals surface area contributed by atoms with E-state index >= 15 is 0 Å². The van der Waals surface area contributed by atoms with Crippen LogP contribution in [-0.4, -0.2) is 125 Å². The maximum absolute atomic E-state index is 12.5. The minimum Gasteiger partial charge on any atom is -0.462 e. The van der Waals surface area contributed by atoms with Crippen LogP contribution in [0.3, 0.4) is 0 Å². The number of methoxy groups -OCH3 is 1. The molecule has 428 valence electrons. The maximum Gasteiger partial charge on any atom is 0.311 e. The van der Waals surface area contributed by atoms with Gasteiger partial charge in [-0.1, -0.05) is 103 Å². The molecular formula is C61H102O13Si. The van der Waals surface area contributed by atoms with Crippen LogP contribution in [0.4, 0.5) is 0 Å². The van der Waals surface area contributed by atoms with Gasteiger partial charge in [0.25, 0.3) is 0 Å². The van der Waals surface area contributed by atoms with Gasteiger partial charge in [-0.2, -0.15) is 0 Å². The Kier molecular flexibility index (Phi) is 23.3. The van der Waals surface area contributed by atoms with Crippen LogP contribution in [0.25, 0.3) is 0 Å². The van der Waals surface area contributed by atoms with Crippen molar-refractivity contribution in [3.63, 3.8) is 0 Å². The molecule has 0 amide bonds. The molecule has 0 aromatic carbocycles. The molecule has 4 fully saturated rings. The average molecular weight is 1070 g/mol. The Balaban J connectivity index is 1.15. The summed E-state index contributed by atoms with van der Waals surface area (Å²) in [6.45, 7) is 35.8. The van der Waals surface area contributed by atoms with Gasteiger partial charge < -0.3 is 51.8 Å². The predicted molar refractivity (Wildman–Crippen MR) is 298 cm³/mol. The zero-order valence-electron chi connectivity index (χ0n) is 49.6. The molecule has 5 aliphatic heterocycles. The first-order valence-electron chi connectivity index (χ1n) is 28.5. The lowest BCUT2D eigenvalue weighted by molar-refractivity contribution is -0.210. The van der Waals surface area contributed by atoms with E-state index in [-0.39, 0.29) is 115 Å². The summed E-state index contributed by atoms with van der Waals surface area (Å²) in [5.41, 5.74) is 0.163. The quantitative estimate of drug-likeness (QED) is 0.0298. The molecule has 13 nitrogen and oxygen atoms in total. The van der Waals surface area contributed by atoms with E-state index in [1.54, 1.807) is 7.11 Å². The standard InChI is InChI=1S/C61H102O13Si/c1-40(27-24-25-32-54(62)72-59(8,9)10)35-41(2)55-48(74-75(17,18)60(11,12)13)34-33-44(67-55)28-22-20-19-21-23-29-47-56(73-61(14,15)71-47)52-36-49(66-39-64-16)42(3)45(69-52)30-26-31-46-43(4)50-37-51(68-46)53(70-50)38-65-57(63)58(5,6)7/h20,22-23,26,29,31,33-35,40,42-53,55-56H,19,21,24-25,27-28,30,32,36-39H2,1-18H3/b22-20+,29-23+,31-26+,41-35+/t40-,42-,43-,44-,45+,46-,47+,48-,49-,50+,51+,52+,53+,55-,56-/m0/s1. The number of ether oxygens (including phenoxy) is 10. The van der Waals surface area contributed by atoms with Gasteiger partial charge in [-0.25, -0.2) is 0 Å². The predicted octanol–water partition coefficient (Wildman–Crippen LogP) is 12.9. The lowest BCUT2D eigenvalue weighted by Gasteiger charge is -2.42. The smallest absolute Gasteiger partial charge is 0.311 e. The second kappa shape index (κ2) is 27.6. The van der Waals surface area contributed by atoms with Gasteiger partial charge in [-0.05, 0) is 130 Å². The van der Waals surface area contributed by atoms with Crippen molar-refractivity contribution in [1.82, 2.24) is 0 Å². The van der Waals surface area contributed by atoms with E-state index in [1.807, 2.05) is 55.4 Å². The highest BCUT2D eigenvalue weighted by Crippen LogP contribution is 2.42. The van der Waals surface area contributed by atoms with Crippen molar-refractivity contribution in [1.29, 1.82) is 0 Å². The first kappa shape index (κ1) is 63.3. The molecule has 0 saturated carbocycles. The molecule has 0 unspecified atom stereocenters. The van der Waals surface area contributed by atoms with Crippen molar-refractivity contribution in [3.8, 4) is 0 Å². The van der Waals surface area contributed by atoms with Gasteiger partial charge in [0, 0.05) is 38.2 Å². The number of rotatable bonds is 24. The van der Waals surface area contributed by atoms with Crippen molar-refractivity contribution in [2.24, 2.45) is 23.2 Å². The number of fused-ring (bicyclic) bond motifs is 2. The van der Waals surface area contributed by atoms with Crippen molar-refractivity contribution in [3.05, 3.63) is 60.3 Å². The summed E-state index contributed by atoms with van der Waals surface area (Å²) in [4.78, 5) is 24.7. The van der Waals surface area contributed by atoms with E-state index in [0.717, 1.165) is 44.9 Å². The zero-order chi connectivity index (χ0) is 55.5. The van der Waals surface area contributed by atoms with E-state index < -0.39 is 25.1 Å². The van der Waals surface area contributed by atoms with E-state index in [9.17, 15) is 9.59 Å². The van der Waals surface area contributed by atoms with Gasteiger partial charge in [0.05, 0.1) is 54.2 Å². The van der Waals surface area contributed by atoms with E-state index in [2.05, 4.69) is 116 Å². The summed E-state index contributed by atoms with van der Waals surface area (Å²) in [6.07, 6.45) is 25.7. The summed E-state index contributed by atoms with van der Waals surface area (Å²) in [5.74, 6) is -0.559. The summed E-state index contributed by atoms with van der Waals surface area (Å²) >= 11 is 0. The molecule has 5 heterocycles. The Labute approximate surface area is 454 Å². The lowest BCUT2D eigenvalue weighted by Crippen LogP contribution is -2.50. The molecular weight excluding hydrogens is 969 g/mol. The Hall–Kier alpha value is -2.50. The molecule has 0 aliphatic carbocycles. The second-order valence-corrected chi connectivity index (χ2v) is 31.0. The average Bonchev–Trinajstić information content (AvgIpc) is 3.82. The fourth-order valence-corrected chi connectivity index (χ4v) is 11.6. The molecule has 0 aromatic rings. The zero-order valence-corrected chi connectivity index (χ0v) is 50.6. The van der Waals surface area contributed by atoms with Crippen LogP contribution in [0, 0.1) is 23.2 Å². The fourth-order valence-electron chi connectivity index (χ4n) is 10.3. The van der Waals surface area contributed by atoms with Crippen LogP contribution in [0.1, 0.15) is 168 Å². The number of hydrogen-bond donors (Lipinski definition) is 0. The molecule has 0 spiro atoms. The Morgan fingerprint density at radius 3 is 2.16 bits per heavy atom. The SMILES string of the molecule is COCO[C@H]1C[C@H]([C@H]2OC(C)(C)O[C@@H]2/C=C/CC/C=C/C[C@H]2C=C[C@H](O[Si](C)(C)C(C)(C)C)[C@H](/C(C)=C/[C@@H](C)CCCCC(=O)OC(C)(C)C)O2)O[C@H](C/C=C/[C@@H]2O[C@@H]3C[C@@H](O[C@@H]3COC(=O)C(C)(C)C)[C@H]2C)[C@@H]1C. The van der Waals surface area contributed by atoms with Crippen molar-refractivity contribution in [2.45, 2.75) is 271 Å². The second-order valence-electron chi connectivity index (χ2n) is 26.2. The van der Waals surface area contributed by atoms with Gasteiger partial charge in [0.15, 0.2) is 14.1 Å². The van der Waals surface area contributed by atoms with Gasteiger partial charge >= 0.3 is 11.9 Å². The number of carbonyl (C=O) groups excluding carboxylic acids is 2. The van der Waals surface area contributed by atoms with Crippen molar-refractivity contribution >= 4 is 20.3 Å². The highest BCUT2D eigenvalue weighted by molar-refractivity contribution is 6.74.